The van der Waals surface area contributed by atoms with Crippen molar-refractivity contribution in [1.82, 2.24) is 4.98 Å². The molecule has 1 heterocycles. The van der Waals surface area contributed by atoms with Gasteiger partial charge in [-0.2, -0.15) is 18.3 Å². The van der Waals surface area contributed by atoms with Crippen molar-refractivity contribution in [3.8, 4) is 0 Å². The Labute approximate surface area is 153 Å². The molecule has 2 aromatic carbocycles. The molecule has 0 spiro atoms. The van der Waals surface area contributed by atoms with E-state index in [1.807, 2.05) is 6.07 Å². The van der Waals surface area contributed by atoms with E-state index in [0.717, 1.165) is 6.07 Å². The summed E-state index contributed by atoms with van der Waals surface area (Å²) >= 11 is 0. The Hall–Kier alpha value is -3.55. The van der Waals surface area contributed by atoms with Gasteiger partial charge in [-0.1, -0.05) is 42.5 Å². The van der Waals surface area contributed by atoms with E-state index in [-0.39, 0.29) is 11.5 Å². The van der Waals surface area contributed by atoms with Crippen LogP contribution in [0, 0.1) is 0 Å². The molecule has 1 N–H and O–H groups in total. The van der Waals surface area contributed by atoms with Crippen LogP contribution in [0.25, 0.3) is 0 Å². The monoisotopic (exact) mass is 369 g/mol. The number of alkyl halides is 3. The number of hydrogen-bond acceptors (Lipinski definition) is 4. The second-order valence-electron chi connectivity index (χ2n) is 5.36. The number of amidine groups is 1. The first kappa shape index (κ1) is 18.2. The summed E-state index contributed by atoms with van der Waals surface area (Å²) in [5, 5.41) is 11.9. The first-order valence-electron chi connectivity index (χ1n) is 7.91. The van der Waals surface area contributed by atoms with Gasteiger partial charge in [-0.15, -0.1) is 10.2 Å². The maximum Gasteiger partial charge on any atom is 0.418 e. The smallest absolute Gasteiger partial charge is 0.276 e. The molecule has 0 aliphatic carbocycles. The lowest BCUT2D eigenvalue weighted by atomic mass is 10.2. The van der Waals surface area contributed by atoms with Gasteiger partial charge in [0.2, 0.25) is 5.84 Å². The van der Waals surface area contributed by atoms with Gasteiger partial charge in [0, 0.05) is 18.0 Å². The second kappa shape index (κ2) is 8.22. The van der Waals surface area contributed by atoms with Crippen molar-refractivity contribution in [3.05, 3.63) is 90.3 Å². The Bertz CT molecular complexity index is 938. The predicted octanol–water partition coefficient (Wildman–Crippen LogP) is 5.66. The molecule has 0 amide bonds. The summed E-state index contributed by atoms with van der Waals surface area (Å²) in [6.07, 6.45) is -1.35. The van der Waals surface area contributed by atoms with E-state index in [1.165, 1.54) is 18.2 Å². The number of azo groups is 1. The largest absolute Gasteiger partial charge is 0.418 e. The molecule has 3 rings (SSSR count). The highest BCUT2D eigenvalue weighted by Crippen LogP contribution is 2.36. The zero-order valence-corrected chi connectivity index (χ0v) is 13.9. The Balaban J connectivity index is 1.94. The lowest BCUT2D eigenvalue weighted by molar-refractivity contribution is -0.137. The van der Waals surface area contributed by atoms with Crippen molar-refractivity contribution in [2.45, 2.75) is 6.18 Å². The summed E-state index contributed by atoms with van der Waals surface area (Å²) < 4.78 is 39.3. The fourth-order valence-electron chi connectivity index (χ4n) is 2.18. The SMILES string of the molecule is FC(F)(F)c1ccccc1N=NC(=NNc1ccncc1)c1ccccc1. The molecular formula is C19H14F3N5. The standard InChI is InChI=1S/C19H14F3N5/c20-19(21,22)16-8-4-5-9-17(16)25-27-18(14-6-2-1-3-7-14)26-24-15-10-12-23-13-11-15/h1-13H,(H,23,24). The summed E-state index contributed by atoms with van der Waals surface area (Å²) in [5.41, 5.74) is 2.92. The maximum atomic E-state index is 13.1. The predicted molar refractivity (Wildman–Crippen MR) is 96.8 cm³/mol. The first-order chi connectivity index (χ1) is 13.0. The Morgan fingerprint density at radius 2 is 1.52 bits per heavy atom. The van der Waals surface area contributed by atoms with Crippen LogP contribution < -0.4 is 5.43 Å². The van der Waals surface area contributed by atoms with E-state index < -0.39 is 11.7 Å². The van der Waals surface area contributed by atoms with Gasteiger partial charge >= 0.3 is 6.18 Å². The molecule has 0 bridgehead atoms. The highest BCUT2D eigenvalue weighted by molar-refractivity contribution is 5.99. The molecule has 0 aliphatic heterocycles. The number of hydrogen-bond donors (Lipinski definition) is 1. The van der Waals surface area contributed by atoms with Crippen molar-refractivity contribution in [2.75, 3.05) is 5.43 Å². The van der Waals surface area contributed by atoms with Crippen molar-refractivity contribution >= 4 is 17.2 Å². The number of nitrogens with zero attached hydrogens (tertiary/aromatic N) is 4. The van der Waals surface area contributed by atoms with Crippen LogP contribution in [0.1, 0.15) is 11.1 Å². The van der Waals surface area contributed by atoms with Gasteiger partial charge < -0.3 is 0 Å². The molecule has 136 valence electrons. The fourth-order valence-corrected chi connectivity index (χ4v) is 2.18. The highest BCUT2D eigenvalue weighted by Gasteiger charge is 2.33. The van der Waals surface area contributed by atoms with Crippen LogP contribution in [-0.2, 0) is 6.18 Å². The summed E-state index contributed by atoms with van der Waals surface area (Å²) in [5.74, 6) is 0.143. The van der Waals surface area contributed by atoms with E-state index in [2.05, 4.69) is 25.7 Å². The van der Waals surface area contributed by atoms with Crippen molar-refractivity contribution < 1.29 is 13.2 Å². The third-order valence-corrected chi connectivity index (χ3v) is 3.47. The van der Waals surface area contributed by atoms with Crippen LogP contribution in [-0.4, -0.2) is 10.8 Å². The van der Waals surface area contributed by atoms with E-state index in [1.54, 1.807) is 48.8 Å². The van der Waals surface area contributed by atoms with Gasteiger partial charge in [0.1, 0.15) is 0 Å². The number of pyridine rings is 1. The topological polar surface area (TPSA) is 62.0 Å². The normalized spacial score (nSPS) is 12.3. The van der Waals surface area contributed by atoms with E-state index >= 15 is 0 Å². The molecule has 8 heteroatoms. The molecule has 0 saturated heterocycles. The number of rotatable bonds is 4. The number of halogens is 3. The van der Waals surface area contributed by atoms with E-state index in [0.29, 0.717) is 11.3 Å². The first-order valence-corrected chi connectivity index (χ1v) is 7.91. The average Bonchev–Trinajstić information content (AvgIpc) is 2.69. The van der Waals surface area contributed by atoms with Gasteiger partial charge in [0.15, 0.2) is 0 Å². The number of anilines is 1. The number of nitrogens with one attached hydrogen (secondary N) is 1. The molecule has 1 aromatic heterocycles. The lowest BCUT2D eigenvalue weighted by Gasteiger charge is -2.08. The van der Waals surface area contributed by atoms with Gasteiger partial charge in [-0.05, 0) is 24.3 Å². The zero-order valence-electron chi connectivity index (χ0n) is 13.9. The minimum atomic E-state index is -4.52. The Morgan fingerprint density at radius 1 is 0.852 bits per heavy atom. The molecule has 0 aliphatic rings. The summed E-state index contributed by atoms with van der Waals surface area (Å²) in [4.78, 5) is 3.90. The van der Waals surface area contributed by atoms with Crippen LogP contribution >= 0.6 is 0 Å². The van der Waals surface area contributed by atoms with Crippen molar-refractivity contribution in [2.24, 2.45) is 15.3 Å². The number of benzene rings is 2. The summed E-state index contributed by atoms with van der Waals surface area (Å²) in [6, 6.07) is 17.2. The van der Waals surface area contributed by atoms with Crippen LogP contribution in [0.2, 0.25) is 0 Å². The lowest BCUT2D eigenvalue weighted by Crippen LogP contribution is -2.05. The molecule has 3 aromatic rings. The molecular weight excluding hydrogens is 355 g/mol. The van der Waals surface area contributed by atoms with Crippen LogP contribution in [0.15, 0.2) is 94.5 Å². The average molecular weight is 369 g/mol. The third kappa shape index (κ3) is 4.97. The van der Waals surface area contributed by atoms with E-state index in [4.69, 9.17) is 0 Å². The molecule has 0 fully saturated rings. The van der Waals surface area contributed by atoms with Crippen molar-refractivity contribution in [3.63, 3.8) is 0 Å². The van der Waals surface area contributed by atoms with Crippen LogP contribution in [0.3, 0.4) is 0 Å². The van der Waals surface area contributed by atoms with Crippen LogP contribution in [0.4, 0.5) is 24.5 Å². The van der Waals surface area contributed by atoms with Gasteiger partial charge in [-0.25, -0.2) is 0 Å². The Kier molecular flexibility index (Phi) is 5.55. The molecule has 5 nitrogen and oxygen atoms in total. The van der Waals surface area contributed by atoms with Gasteiger partial charge in [0.25, 0.3) is 0 Å². The minimum absolute atomic E-state index is 0.143. The number of aromatic nitrogens is 1. The minimum Gasteiger partial charge on any atom is -0.276 e. The van der Waals surface area contributed by atoms with E-state index in [9.17, 15) is 13.2 Å². The quantitative estimate of drug-likeness (QED) is 0.279. The van der Waals surface area contributed by atoms with Crippen molar-refractivity contribution in [1.29, 1.82) is 0 Å². The summed E-state index contributed by atoms with van der Waals surface area (Å²) in [7, 11) is 0. The second-order valence-corrected chi connectivity index (χ2v) is 5.36. The zero-order chi connectivity index (χ0) is 19.1. The highest BCUT2D eigenvalue weighted by atomic mass is 19.4. The Morgan fingerprint density at radius 3 is 2.22 bits per heavy atom. The fraction of sp³-hybridized carbons (Fsp3) is 0.0526. The molecule has 0 unspecified atom stereocenters. The summed E-state index contributed by atoms with van der Waals surface area (Å²) in [6.45, 7) is 0. The van der Waals surface area contributed by atoms with Crippen LogP contribution in [0.5, 0.6) is 0 Å². The molecule has 0 saturated carbocycles. The maximum absolute atomic E-state index is 13.1. The third-order valence-electron chi connectivity index (χ3n) is 3.47. The van der Waals surface area contributed by atoms with Gasteiger partial charge in [0.05, 0.1) is 16.9 Å². The van der Waals surface area contributed by atoms with Gasteiger partial charge in [-0.3, -0.25) is 10.4 Å². The molecule has 27 heavy (non-hydrogen) atoms. The molecule has 0 radical (unpaired) electrons. The number of hydrazone groups is 1. The molecule has 0 atom stereocenters.